The Morgan fingerprint density at radius 2 is 1.91 bits per heavy atom. The molecular weight excluding hydrogens is 474 g/mol. The number of carbonyl (C=O) groups is 1. The van der Waals surface area contributed by atoms with Crippen LogP contribution in [0.15, 0.2) is 5.16 Å². The highest BCUT2D eigenvalue weighted by atomic mass is 32.2. The van der Waals surface area contributed by atoms with E-state index in [4.69, 9.17) is 4.98 Å². The van der Waals surface area contributed by atoms with Crippen molar-refractivity contribution in [1.29, 1.82) is 5.26 Å². The molecule has 4 bridgehead atoms. The van der Waals surface area contributed by atoms with Crippen molar-refractivity contribution in [2.45, 2.75) is 89.1 Å². The van der Waals surface area contributed by atoms with Crippen LogP contribution in [0.5, 0.6) is 0 Å². The predicted octanol–water partition coefficient (Wildman–Crippen LogP) is 6.09. The predicted molar refractivity (Wildman–Crippen MR) is 140 cm³/mol. The molecule has 2 heterocycles. The molecule has 6 nitrogen and oxygen atoms in total. The van der Waals surface area contributed by atoms with Crippen molar-refractivity contribution in [2.75, 3.05) is 11.1 Å². The molecule has 7 rings (SSSR count). The van der Waals surface area contributed by atoms with Crippen LogP contribution in [0.25, 0.3) is 0 Å². The number of aromatic amines is 1. The Morgan fingerprint density at radius 3 is 2.54 bits per heavy atom. The molecule has 35 heavy (non-hydrogen) atoms. The fourth-order valence-corrected chi connectivity index (χ4v) is 9.67. The van der Waals surface area contributed by atoms with Crippen LogP contribution >= 0.6 is 23.1 Å². The van der Waals surface area contributed by atoms with E-state index in [1.165, 1.54) is 55.2 Å². The lowest BCUT2D eigenvalue weighted by atomic mass is 9.49. The van der Waals surface area contributed by atoms with Crippen LogP contribution in [0.4, 0.5) is 5.00 Å². The summed E-state index contributed by atoms with van der Waals surface area (Å²) in [5.41, 5.74) is 2.25. The number of anilines is 1. The number of carbonyl (C=O) groups excluding carboxylic acids is 1. The largest absolute Gasteiger partial charge is 0.316 e. The van der Waals surface area contributed by atoms with Gasteiger partial charge in [-0.2, -0.15) is 5.26 Å². The quantitative estimate of drug-likeness (QED) is 0.476. The van der Waals surface area contributed by atoms with Crippen LogP contribution in [0.2, 0.25) is 0 Å². The molecule has 5 aliphatic rings. The third-order valence-electron chi connectivity index (χ3n) is 9.19. The van der Waals surface area contributed by atoms with Gasteiger partial charge in [-0.15, -0.1) is 16.4 Å². The van der Waals surface area contributed by atoms with Gasteiger partial charge < -0.3 is 5.32 Å². The first-order valence-electron chi connectivity index (χ1n) is 13.1. The summed E-state index contributed by atoms with van der Waals surface area (Å²) in [5, 5.41) is 21.9. The number of aromatic nitrogens is 3. The van der Waals surface area contributed by atoms with E-state index >= 15 is 0 Å². The summed E-state index contributed by atoms with van der Waals surface area (Å²) in [5.74, 6) is 4.38. The Balaban J connectivity index is 1.10. The van der Waals surface area contributed by atoms with Crippen molar-refractivity contribution in [1.82, 2.24) is 15.2 Å². The van der Waals surface area contributed by atoms with Gasteiger partial charge in [-0.1, -0.05) is 32.5 Å². The highest BCUT2D eigenvalue weighted by molar-refractivity contribution is 7.99. The van der Waals surface area contributed by atoms with E-state index < -0.39 is 0 Å². The number of thioether (sulfide) groups is 1. The number of nitrogens with zero attached hydrogens (tertiary/aromatic N) is 3. The Bertz CT molecular complexity index is 1150. The number of H-pyrrole nitrogens is 1. The Hall–Kier alpha value is -1.85. The fourth-order valence-electron chi connectivity index (χ4n) is 7.77. The van der Waals surface area contributed by atoms with Crippen LogP contribution in [0.1, 0.15) is 87.5 Å². The first-order chi connectivity index (χ1) is 16.7. The molecule has 186 valence electrons. The van der Waals surface area contributed by atoms with Crippen molar-refractivity contribution in [3.05, 3.63) is 21.8 Å². The van der Waals surface area contributed by atoms with E-state index in [9.17, 15) is 10.1 Å². The fraction of sp³-hybridized carbons (Fsp3) is 0.704. The molecule has 8 heteroatoms. The highest BCUT2D eigenvalue weighted by Crippen LogP contribution is 2.60. The minimum Gasteiger partial charge on any atom is -0.316 e. The number of nitriles is 1. The first-order valence-corrected chi connectivity index (χ1v) is 14.9. The molecular formula is C27H35N5OS2. The second-order valence-electron chi connectivity index (χ2n) is 12.6. The molecule has 0 radical (unpaired) electrons. The zero-order valence-electron chi connectivity index (χ0n) is 20.9. The Morgan fingerprint density at radius 1 is 1.23 bits per heavy atom. The SMILES string of the molecule is CC(C)(C)[C@@H]1CCc2c(sc(NC(=O)CSc3n[nH]c(C45CC6CC(CC(C6)C4)C5)n3)c2C#N)C1. The summed E-state index contributed by atoms with van der Waals surface area (Å²) in [6.45, 7) is 6.87. The summed E-state index contributed by atoms with van der Waals surface area (Å²) in [6, 6.07) is 2.36. The average molecular weight is 510 g/mol. The van der Waals surface area contributed by atoms with Gasteiger partial charge in [-0.25, -0.2) is 4.98 Å². The third-order valence-corrected chi connectivity index (χ3v) is 11.2. The molecule has 1 amide bonds. The van der Waals surface area contributed by atoms with E-state index in [2.05, 4.69) is 42.4 Å². The van der Waals surface area contributed by atoms with Gasteiger partial charge in [0, 0.05) is 10.3 Å². The zero-order chi connectivity index (χ0) is 24.4. The lowest BCUT2D eigenvalue weighted by Gasteiger charge is -2.55. The van der Waals surface area contributed by atoms with Crippen LogP contribution in [-0.2, 0) is 23.1 Å². The van der Waals surface area contributed by atoms with Crippen LogP contribution in [0.3, 0.4) is 0 Å². The van der Waals surface area contributed by atoms with Crippen LogP contribution in [0, 0.1) is 40.4 Å². The van der Waals surface area contributed by atoms with Crippen molar-refractivity contribution in [2.24, 2.45) is 29.1 Å². The zero-order valence-corrected chi connectivity index (χ0v) is 22.6. The molecule has 4 fully saturated rings. The summed E-state index contributed by atoms with van der Waals surface area (Å²) in [7, 11) is 0. The molecule has 0 saturated heterocycles. The first kappa shape index (κ1) is 23.5. The lowest BCUT2D eigenvalue weighted by molar-refractivity contribution is -0.113. The van der Waals surface area contributed by atoms with Crippen molar-refractivity contribution < 1.29 is 4.79 Å². The van der Waals surface area contributed by atoms with E-state index in [0.29, 0.717) is 21.6 Å². The van der Waals surface area contributed by atoms with Gasteiger partial charge in [0.2, 0.25) is 11.1 Å². The number of hydrogen-bond donors (Lipinski definition) is 2. The molecule has 5 aliphatic carbocycles. The van der Waals surface area contributed by atoms with Gasteiger partial charge in [0.15, 0.2) is 0 Å². The van der Waals surface area contributed by atoms with Crippen molar-refractivity contribution >= 4 is 34.0 Å². The second kappa shape index (κ2) is 8.62. The minimum atomic E-state index is -0.0985. The Labute approximate surface area is 216 Å². The minimum absolute atomic E-state index is 0.0985. The molecule has 2 aromatic heterocycles. The molecule has 4 saturated carbocycles. The maximum absolute atomic E-state index is 12.8. The summed E-state index contributed by atoms with van der Waals surface area (Å²) >= 11 is 2.97. The topological polar surface area (TPSA) is 94.5 Å². The van der Waals surface area contributed by atoms with Crippen LogP contribution in [-0.4, -0.2) is 26.8 Å². The maximum Gasteiger partial charge on any atom is 0.235 e. The molecule has 2 aromatic rings. The number of fused-ring (bicyclic) bond motifs is 1. The highest BCUT2D eigenvalue weighted by Gasteiger charge is 2.53. The third kappa shape index (κ3) is 4.33. The van der Waals surface area contributed by atoms with Crippen molar-refractivity contribution in [3.8, 4) is 6.07 Å². The summed E-state index contributed by atoms with van der Waals surface area (Å²) < 4.78 is 0. The Kier molecular flexibility index (Phi) is 5.80. The van der Waals surface area contributed by atoms with E-state index in [1.807, 2.05) is 0 Å². The van der Waals surface area contributed by atoms with E-state index in [-0.39, 0.29) is 22.5 Å². The average Bonchev–Trinajstić information content (AvgIpc) is 3.40. The van der Waals surface area contributed by atoms with Gasteiger partial charge in [0.25, 0.3) is 0 Å². The van der Waals surface area contributed by atoms with E-state index in [1.54, 1.807) is 11.3 Å². The molecule has 0 unspecified atom stereocenters. The van der Waals surface area contributed by atoms with Gasteiger partial charge >= 0.3 is 0 Å². The standard InChI is InChI=1S/C27H35N5OS2/c1-26(2,3)18-4-5-19-20(13-28)23(35-21(19)9-18)29-22(33)14-34-25-30-24(31-32-25)27-10-15-6-16(11-27)8-17(7-15)12-27/h15-18H,4-12,14H2,1-3H3,(H,29,33)(H,30,31,32)/t15?,16?,17?,18-,27?/m1/s1. The molecule has 2 N–H and O–H groups in total. The van der Waals surface area contributed by atoms with Gasteiger partial charge in [0.05, 0.1) is 11.3 Å². The number of nitrogens with one attached hydrogen (secondary N) is 2. The maximum atomic E-state index is 12.8. The molecule has 1 atom stereocenters. The van der Waals surface area contributed by atoms with E-state index in [0.717, 1.165) is 48.4 Å². The number of rotatable bonds is 5. The summed E-state index contributed by atoms with van der Waals surface area (Å²) in [6.07, 6.45) is 11.0. The number of thiophene rings is 1. The monoisotopic (exact) mass is 509 g/mol. The molecule has 0 aromatic carbocycles. The second-order valence-corrected chi connectivity index (χ2v) is 14.7. The summed E-state index contributed by atoms with van der Waals surface area (Å²) in [4.78, 5) is 19.0. The molecule has 0 aliphatic heterocycles. The van der Waals surface area contributed by atoms with Gasteiger partial charge in [-0.3, -0.25) is 9.89 Å². The van der Waals surface area contributed by atoms with Gasteiger partial charge in [0.1, 0.15) is 16.9 Å². The van der Waals surface area contributed by atoms with Crippen LogP contribution < -0.4 is 5.32 Å². The molecule has 0 spiro atoms. The number of amides is 1. The number of hydrogen-bond acceptors (Lipinski definition) is 6. The van der Waals surface area contributed by atoms with Gasteiger partial charge in [-0.05, 0) is 92.4 Å². The lowest BCUT2D eigenvalue weighted by Crippen LogP contribution is -2.49. The smallest absolute Gasteiger partial charge is 0.235 e. The van der Waals surface area contributed by atoms with Crippen molar-refractivity contribution in [3.63, 3.8) is 0 Å². The normalized spacial score (nSPS) is 31.3.